The molecule has 11 heteroatoms. The molecule has 184 valence electrons. The molecule has 0 atom stereocenters. The van der Waals surface area contributed by atoms with E-state index in [1.807, 2.05) is 4.90 Å². The van der Waals surface area contributed by atoms with E-state index in [0.29, 0.717) is 47.2 Å². The van der Waals surface area contributed by atoms with Crippen molar-refractivity contribution in [3.63, 3.8) is 0 Å². The van der Waals surface area contributed by atoms with Crippen molar-refractivity contribution in [3.8, 4) is 0 Å². The van der Waals surface area contributed by atoms with E-state index in [1.54, 1.807) is 19.1 Å². The van der Waals surface area contributed by atoms with Gasteiger partial charge in [-0.1, -0.05) is 32.4 Å². The van der Waals surface area contributed by atoms with Gasteiger partial charge in [0.1, 0.15) is 0 Å². The number of esters is 1. The molecule has 0 fully saturated rings. The molecule has 0 aliphatic rings. The summed E-state index contributed by atoms with van der Waals surface area (Å²) < 4.78 is 11.6. The lowest BCUT2D eigenvalue weighted by molar-refractivity contribution is 0.0519. The summed E-state index contributed by atoms with van der Waals surface area (Å²) in [4.78, 5) is 20.0. The fraction of sp³-hybridized carbons (Fsp3) is 0.636. The molecule has 33 heavy (non-hydrogen) atoms. The minimum Gasteiger partial charge on any atom is -0.461 e. The third kappa shape index (κ3) is 7.89. The highest BCUT2D eigenvalue weighted by Gasteiger charge is 2.37. The molecule has 2 heterocycles. The third-order valence-electron chi connectivity index (χ3n) is 5.61. The fourth-order valence-electron chi connectivity index (χ4n) is 2.74. The van der Waals surface area contributed by atoms with Crippen LogP contribution < -0.4 is 4.90 Å². The predicted molar refractivity (Wildman–Crippen MR) is 139 cm³/mol. The maximum absolute atomic E-state index is 12.5. The van der Waals surface area contributed by atoms with Gasteiger partial charge in [-0.2, -0.15) is 0 Å². The number of aromatic nitrogens is 3. The number of hydrogen-bond donors (Lipinski definition) is 0. The molecule has 2 rings (SSSR count). The lowest BCUT2D eigenvalue weighted by Crippen LogP contribution is -2.41. The van der Waals surface area contributed by atoms with Crippen LogP contribution in [-0.2, 0) is 15.6 Å². The van der Waals surface area contributed by atoms with E-state index < -0.39 is 14.3 Å². The summed E-state index contributed by atoms with van der Waals surface area (Å²) in [7, 11) is -1.84. The van der Waals surface area contributed by atoms with E-state index >= 15 is 0 Å². The number of rotatable bonds is 12. The molecule has 0 aliphatic carbocycles. The summed E-state index contributed by atoms with van der Waals surface area (Å²) in [5.74, 6) is 0.694. The van der Waals surface area contributed by atoms with Crippen LogP contribution in [0.2, 0.25) is 23.3 Å². The van der Waals surface area contributed by atoms with Crippen LogP contribution in [0.25, 0.3) is 0 Å². The second-order valence-corrected chi connectivity index (χ2v) is 15.7. The average Bonchev–Trinajstić information content (AvgIpc) is 3.16. The van der Waals surface area contributed by atoms with Gasteiger partial charge in [-0.05, 0) is 56.5 Å². The number of thiazole rings is 1. The first-order valence-corrected chi connectivity index (χ1v) is 15.8. The Morgan fingerprint density at radius 3 is 2.52 bits per heavy atom. The first kappa shape index (κ1) is 28.0. The van der Waals surface area contributed by atoms with E-state index in [9.17, 15) is 4.79 Å². The van der Waals surface area contributed by atoms with Crippen molar-refractivity contribution in [2.75, 3.05) is 30.5 Å². The van der Waals surface area contributed by atoms with Gasteiger partial charge in [-0.3, -0.25) is 0 Å². The largest absolute Gasteiger partial charge is 0.461 e. The zero-order valence-electron chi connectivity index (χ0n) is 20.3. The number of alkyl halides is 1. The van der Waals surface area contributed by atoms with E-state index in [-0.39, 0.29) is 11.6 Å². The van der Waals surface area contributed by atoms with Crippen molar-refractivity contribution in [2.45, 2.75) is 65.1 Å². The monoisotopic (exact) mass is 532 g/mol. The Kier molecular flexibility index (Phi) is 10.5. The fourth-order valence-corrected chi connectivity index (χ4v) is 5.18. The van der Waals surface area contributed by atoms with Crippen LogP contribution in [0.1, 0.15) is 55.9 Å². The Bertz CT molecular complexity index is 904. The number of carbonyl (C=O) groups excluding carboxylic acids is 1. The van der Waals surface area contributed by atoms with Crippen molar-refractivity contribution in [3.05, 3.63) is 27.9 Å². The molecule has 0 aromatic carbocycles. The molecule has 7 nitrogen and oxygen atoms in total. The van der Waals surface area contributed by atoms with Crippen molar-refractivity contribution in [1.82, 2.24) is 15.2 Å². The summed E-state index contributed by atoms with van der Waals surface area (Å²) in [5.41, 5.74) is 0.339. The Morgan fingerprint density at radius 2 is 1.94 bits per heavy atom. The van der Waals surface area contributed by atoms with Gasteiger partial charge in [-0.25, -0.2) is 9.78 Å². The molecule has 0 unspecified atom stereocenters. The van der Waals surface area contributed by atoms with Crippen LogP contribution in [0.5, 0.6) is 0 Å². The number of carbonyl (C=O) groups is 1. The minimum absolute atomic E-state index is 0.148. The summed E-state index contributed by atoms with van der Waals surface area (Å²) in [5, 5.41) is 9.35. The first-order chi connectivity index (χ1) is 15.5. The normalized spacial score (nSPS) is 12.1. The molecular formula is C22H34Cl2N4O3SSi. The van der Waals surface area contributed by atoms with Crippen molar-refractivity contribution >= 4 is 59.8 Å². The second-order valence-electron chi connectivity index (χ2n) is 9.11. The van der Waals surface area contributed by atoms with E-state index in [2.05, 4.69) is 49.0 Å². The Hall–Kier alpha value is -1.26. The van der Waals surface area contributed by atoms with Crippen LogP contribution in [0.15, 0.2) is 12.1 Å². The lowest BCUT2D eigenvalue weighted by Gasteiger charge is -2.36. The predicted octanol–water partition coefficient (Wildman–Crippen LogP) is 6.48. The molecule has 2 aromatic heterocycles. The van der Waals surface area contributed by atoms with Gasteiger partial charge in [0.25, 0.3) is 0 Å². The third-order valence-corrected chi connectivity index (χ3v) is 11.8. The number of nitrogens with zero attached hydrogens (tertiary/aromatic N) is 4. The smallest absolute Gasteiger partial charge is 0.358 e. The van der Waals surface area contributed by atoms with Crippen LogP contribution in [-0.4, -0.2) is 55.1 Å². The van der Waals surface area contributed by atoms with Crippen LogP contribution in [0.4, 0.5) is 10.9 Å². The van der Waals surface area contributed by atoms with Gasteiger partial charge < -0.3 is 14.1 Å². The quantitative estimate of drug-likeness (QED) is 0.134. The maximum atomic E-state index is 12.5. The molecule has 0 amide bonds. The highest BCUT2D eigenvalue weighted by Crippen LogP contribution is 2.37. The Labute approximate surface area is 211 Å². The molecule has 2 aromatic rings. The summed E-state index contributed by atoms with van der Waals surface area (Å²) in [6, 6.07) is 3.49. The standard InChI is InChI=1S/C22H34Cl2N4O3SSi/c1-7-30-20(29)19-16(10-8-13-23)32-21(25-19)28(18-12-11-17(24)26-27-18)14-9-15-31-33(5,6)22(2,3)4/h11-12H,7-10,13-15H2,1-6H3. The van der Waals surface area contributed by atoms with Crippen LogP contribution >= 0.6 is 34.5 Å². The van der Waals surface area contributed by atoms with Gasteiger partial charge >= 0.3 is 5.97 Å². The van der Waals surface area contributed by atoms with Gasteiger partial charge in [0.15, 0.2) is 30.1 Å². The molecular weight excluding hydrogens is 499 g/mol. The summed E-state index contributed by atoms with van der Waals surface area (Å²) in [6.07, 6.45) is 2.17. The highest BCUT2D eigenvalue weighted by atomic mass is 35.5. The van der Waals surface area contributed by atoms with E-state index in [4.69, 9.17) is 32.4 Å². The molecule has 0 bridgehead atoms. The van der Waals surface area contributed by atoms with Crippen molar-refractivity contribution in [2.24, 2.45) is 0 Å². The van der Waals surface area contributed by atoms with E-state index in [0.717, 1.165) is 17.7 Å². The summed E-state index contributed by atoms with van der Waals surface area (Å²) >= 11 is 13.3. The SMILES string of the molecule is CCOC(=O)c1nc(N(CCCO[Si](C)(C)C(C)(C)C)c2ccc(Cl)nn2)sc1CCCCl. The maximum Gasteiger partial charge on any atom is 0.358 e. The van der Waals surface area contributed by atoms with Gasteiger partial charge in [0.2, 0.25) is 0 Å². The van der Waals surface area contributed by atoms with Crippen LogP contribution in [0, 0.1) is 0 Å². The number of ether oxygens (including phenoxy) is 1. The van der Waals surface area contributed by atoms with Gasteiger partial charge in [0.05, 0.1) is 6.61 Å². The summed E-state index contributed by atoms with van der Waals surface area (Å²) in [6.45, 7) is 14.5. The molecule has 0 N–H and O–H groups in total. The topological polar surface area (TPSA) is 77.4 Å². The molecule has 0 aliphatic heterocycles. The minimum atomic E-state index is -1.84. The zero-order valence-corrected chi connectivity index (χ0v) is 23.6. The van der Waals surface area contributed by atoms with Crippen LogP contribution in [0.3, 0.4) is 0 Å². The highest BCUT2D eigenvalue weighted by molar-refractivity contribution is 7.16. The molecule has 0 saturated heterocycles. The number of halogens is 2. The average molecular weight is 534 g/mol. The Balaban J connectivity index is 2.28. The number of anilines is 2. The van der Waals surface area contributed by atoms with Gasteiger partial charge in [-0.15, -0.1) is 33.1 Å². The lowest BCUT2D eigenvalue weighted by atomic mass is 10.2. The first-order valence-electron chi connectivity index (χ1n) is 11.1. The van der Waals surface area contributed by atoms with E-state index in [1.165, 1.54) is 11.3 Å². The van der Waals surface area contributed by atoms with Crippen molar-refractivity contribution in [1.29, 1.82) is 0 Å². The Morgan fingerprint density at radius 1 is 1.21 bits per heavy atom. The number of hydrogen-bond acceptors (Lipinski definition) is 8. The number of aryl methyl sites for hydroxylation is 1. The zero-order chi connectivity index (χ0) is 24.6. The molecule has 0 spiro atoms. The second kappa shape index (κ2) is 12.4. The molecule has 0 saturated carbocycles. The molecule has 0 radical (unpaired) electrons. The van der Waals surface area contributed by atoms with Gasteiger partial charge in [0, 0.05) is 23.9 Å². The van der Waals surface area contributed by atoms with Crippen molar-refractivity contribution < 1.29 is 14.0 Å².